The van der Waals surface area contributed by atoms with Crippen molar-refractivity contribution in [2.45, 2.75) is 46.2 Å². The van der Waals surface area contributed by atoms with Gasteiger partial charge in [0.1, 0.15) is 5.75 Å². The highest BCUT2D eigenvalue weighted by atomic mass is 79.9. The molecule has 1 aromatic carbocycles. The maximum Gasteiger partial charge on any atom is 0.236 e. The van der Waals surface area contributed by atoms with Crippen LogP contribution in [0.2, 0.25) is 0 Å². The number of amides is 1. The number of hydrogen-bond acceptors (Lipinski definition) is 3. The first-order valence-corrected chi connectivity index (χ1v) is 8.16. The zero-order valence-electron chi connectivity index (χ0n) is 13.1. The Balaban J connectivity index is 2.73. The highest BCUT2D eigenvalue weighted by Gasteiger charge is 2.20. The Labute approximate surface area is 135 Å². The molecule has 0 fully saturated rings. The molecule has 2 unspecified atom stereocenters. The van der Waals surface area contributed by atoms with E-state index in [0.29, 0.717) is 12.5 Å². The second-order valence-electron chi connectivity index (χ2n) is 5.69. The van der Waals surface area contributed by atoms with E-state index >= 15 is 0 Å². The third-order valence-corrected chi connectivity index (χ3v) is 3.80. The van der Waals surface area contributed by atoms with Gasteiger partial charge in [-0.3, -0.25) is 10.1 Å². The van der Waals surface area contributed by atoms with Crippen LogP contribution in [0.3, 0.4) is 0 Å². The number of benzene rings is 1. The van der Waals surface area contributed by atoms with Crippen LogP contribution in [0, 0.1) is 5.92 Å². The number of nitrogens with one attached hydrogen (secondary N) is 2. The fraction of sp³-hybridized carbons (Fsp3) is 0.562. The monoisotopic (exact) mass is 356 g/mol. The van der Waals surface area contributed by atoms with E-state index in [1.165, 1.54) is 0 Å². The molecule has 21 heavy (non-hydrogen) atoms. The molecule has 0 aliphatic rings. The van der Waals surface area contributed by atoms with Gasteiger partial charge in [0.15, 0.2) is 0 Å². The summed E-state index contributed by atoms with van der Waals surface area (Å²) in [6.07, 6.45) is 0.784. The molecule has 0 spiro atoms. The second kappa shape index (κ2) is 8.39. The van der Waals surface area contributed by atoms with E-state index in [1.807, 2.05) is 19.9 Å². The number of hydrogen-bond donors (Lipinski definition) is 3. The van der Waals surface area contributed by atoms with E-state index < -0.39 is 0 Å². The van der Waals surface area contributed by atoms with Gasteiger partial charge < -0.3 is 10.4 Å². The summed E-state index contributed by atoms with van der Waals surface area (Å²) in [4.78, 5) is 12.0. The first-order valence-electron chi connectivity index (χ1n) is 7.37. The van der Waals surface area contributed by atoms with E-state index in [9.17, 15) is 9.90 Å². The third kappa shape index (κ3) is 5.67. The van der Waals surface area contributed by atoms with Crippen LogP contribution in [-0.2, 0) is 4.79 Å². The van der Waals surface area contributed by atoms with Gasteiger partial charge in [-0.15, -0.1) is 0 Å². The molecule has 1 aromatic rings. The summed E-state index contributed by atoms with van der Waals surface area (Å²) >= 11 is 3.41. The quantitative estimate of drug-likeness (QED) is 0.701. The van der Waals surface area contributed by atoms with Crippen molar-refractivity contribution in [2.24, 2.45) is 5.92 Å². The fourth-order valence-electron chi connectivity index (χ4n) is 2.07. The van der Waals surface area contributed by atoms with E-state index in [-0.39, 0.29) is 23.7 Å². The van der Waals surface area contributed by atoms with E-state index in [1.54, 1.807) is 12.1 Å². The standard InChI is InChI=1S/C16H25BrN2O2/c1-5-14(13-8-12(17)6-7-15(13)20)19-11(4)16(21)18-9-10(2)3/h6-8,10-11,14,19-20H,5,9H2,1-4H3,(H,18,21). The van der Waals surface area contributed by atoms with Gasteiger partial charge >= 0.3 is 0 Å². The molecule has 0 aliphatic heterocycles. The van der Waals surface area contributed by atoms with Crippen molar-refractivity contribution >= 4 is 21.8 Å². The molecule has 1 amide bonds. The van der Waals surface area contributed by atoms with Crippen molar-refractivity contribution in [3.8, 4) is 5.75 Å². The molecule has 118 valence electrons. The van der Waals surface area contributed by atoms with Crippen LogP contribution < -0.4 is 10.6 Å². The Bertz CT molecular complexity index is 477. The molecular weight excluding hydrogens is 332 g/mol. The Hall–Kier alpha value is -1.07. The lowest BCUT2D eigenvalue weighted by molar-refractivity contribution is -0.123. The lowest BCUT2D eigenvalue weighted by Crippen LogP contribution is -2.44. The minimum Gasteiger partial charge on any atom is -0.508 e. The van der Waals surface area contributed by atoms with Crippen LogP contribution in [0.25, 0.3) is 0 Å². The topological polar surface area (TPSA) is 61.4 Å². The minimum absolute atomic E-state index is 0.0170. The third-order valence-electron chi connectivity index (χ3n) is 3.30. The number of rotatable bonds is 7. The molecule has 0 aliphatic carbocycles. The zero-order chi connectivity index (χ0) is 16.0. The van der Waals surface area contributed by atoms with Crippen molar-refractivity contribution < 1.29 is 9.90 Å². The van der Waals surface area contributed by atoms with E-state index in [2.05, 4.69) is 40.4 Å². The van der Waals surface area contributed by atoms with Gasteiger partial charge in [-0.1, -0.05) is 36.7 Å². The molecular formula is C16H25BrN2O2. The average molecular weight is 357 g/mol. The van der Waals surface area contributed by atoms with Crippen LogP contribution in [0.4, 0.5) is 0 Å². The van der Waals surface area contributed by atoms with E-state index in [4.69, 9.17) is 0 Å². The lowest BCUT2D eigenvalue weighted by Gasteiger charge is -2.23. The molecule has 3 N–H and O–H groups in total. The summed E-state index contributed by atoms with van der Waals surface area (Å²) in [6.45, 7) is 8.66. The van der Waals surface area contributed by atoms with Crippen LogP contribution in [0.15, 0.2) is 22.7 Å². The van der Waals surface area contributed by atoms with Gasteiger partial charge in [-0.25, -0.2) is 0 Å². The van der Waals surface area contributed by atoms with Crippen LogP contribution in [-0.4, -0.2) is 23.6 Å². The van der Waals surface area contributed by atoms with Gasteiger partial charge in [-0.05, 0) is 37.5 Å². The highest BCUT2D eigenvalue weighted by Crippen LogP contribution is 2.29. The number of aromatic hydroxyl groups is 1. The number of phenols is 1. The molecule has 2 atom stereocenters. The van der Waals surface area contributed by atoms with Crippen molar-refractivity contribution in [3.05, 3.63) is 28.2 Å². The predicted molar refractivity (Wildman–Crippen MR) is 89.3 cm³/mol. The summed E-state index contributed by atoms with van der Waals surface area (Å²) < 4.78 is 0.910. The molecule has 0 saturated carbocycles. The van der Waals surface area contributed by atoms with Crippen LogP contribution >= 0.6 is 15.9 Å². The maximum atomic E-state index is 12.0. The Morgan fingerprint density at radius 1 is 1.33 bits per heavy atom. The fourth-order valence-corrected chi connectivity index (χ4v) is 2.45. The smallest absolute Gasteiger partial charge is 0.236 e. The predicted octanol–water partition coefficient (Wildman–Crippen LogP) is 3.36. The van der Waals surface area contributed by atoms with Gasteiger partial charge in [0.05, 0.1) is 6.04 Å². The van der Waals surface area contributed by atoms with Gasteiger partial charge in [-0.2, -0.15) is 0 Å². The van der Waals surface area contributed by atoms with Gasteiger partial charge in [0, 0.05) is 22.6 Å². The second-order valence-corrected chi connectivity index (χ2v) is 6.61. The Morgan fingerprint density at radius 2 is 2.00 bits per heavy atom. The first kappa shape index (κ1) is 18.0. The van der Waals surface area contributed by atoms with Crippen molar-refractivity contribution in [3.63, 3.8) is 0 Å². The SMILES string of the molecule is CCC(NC(C)C(=O)NCC(C)C)c1cc(Br)ccc1O. The molecule has 5 heteroatoms. The summed E-state index contributed by atoms with van der Waals surface area (Å²) in [6, 6.07) is 4.96. The largest absolute Gasteiger partial charge is 0.508 e. The number of halogens is 1. The summed E-state index contributed by atoms with van der Waals surface area (Å²) in [5, 5.41) is 16.2. The normalized spacial score (nSPS) is 14.0. The molecule has 4 nitrogen and oxygen atoms in total. The van der Waals surface area contributed by atoms with Gasteiger partial charge in [0.25, 0.3) is 0 Å². The summed E-state index contributed by atoms with van der Waals surface area (Å²) in [5.41, 5.74) is 0.801. The van der Waals surface area contributed by atoms with Crippen LogP contribution in [0.1, 0.15) is 45.7 Å². The van der Waals surface area contributed by atoms with E-state index in [0.717, 1.165) is 16.5 Å². The van der Waals surface area contributed by atoms with Gasteiger partial charge in [0.2, 0.25) is 5.91 Å². The van der Waals surface area contributed by atoms with Crippen LogP contribution in [0.5, 0.6) is 5.75 Å². The summed E-state index contributed by atoms with van der Waals surface area (Å²) in [7, 11) is 0. The van der Waals surface area contributed by atoms with Crippen molar-refractivity contribution in [1.29, 1.82) is 0 Å². The molecule has 0 heterocycles. The van der Waals surface area contributed by atoms with Crippen molar-refractivity contribution in [1.82, 2.24) is 10.6 Å². The number of phenolic OH excluding ortho intramolecular Hbond substituents is 1. The maximum absolute atomic E-state index is 12.0. The molecule has 0 saturated heterocycles. The molecule has 1 rings (SSSR count). The average Bonchev–Trinajstić information content (AvgIpc) is 2.44. The molecule has 0 aromatic heterocycles. The lowest BCUT2D eigenvalue weighted by atomic mass is 10.0. The minimum atomic E-state index is -0.313. The number of carbonyl (C=O) groups excluding carboxylic acids is 1. The molecule has 0 radical (unpaired) electrons. The summed E-state index contributed by atoms with van der Waals surface area (Å²) in [5.74, 6) is 0.654. The number of carbonyl (C=O) groups is 1. The van der Waals surface area contributed by atoms with Crippen molar-refractivity contribution in [2.75, 3.05) is 6.54 Å². The zero-order valence-corrected chi connectivity index (χ0v) is 14.7. The highest BCUT2D eigenvalue weighted by molar-refractivity contribution is 9.10. The Kier molecular flexibility index (Phi) is 7.18. The Morgan fingerprint density at radius 3 is 2.57 bits per heavy atom. The molecule has 0 bridgehead atoms. The first-order chi connectivity index (χ1) is 9.85.